The number of fused-ring (bicyclic) bond motifs is 1. The van der Waals surface area contributed by atoms with Gasteiger partial charge >= 0.3 is 0 Å². The van der Waals surface area contributed by atoms with Gasteiger partial charge in [-0.05, 0) is 18.6 Å². The molecule has 0 amide bonds. The lowest BCUT2D eigenvalue weighted by molar-refractivity contribution is 0.192. The maximum absolute atomic E-state index is 5.36. The fraction of sp³-hybridized carbons (Fsp3) is 0.308. The van der Waals surface area contributed by atoms with Gasteiger partial charge in [0, 0.05) is 18.7 Å². The first-order valence-corrected chi connectivity index (χ1v) is 6.26. The minimum absolute atomic E-state index is 0.249. The summed E-state index contributed by atoms with van der Waals surface area (Å²) < 4.78 is 12.5. The highest BCUT2D eigenvalue weighted by molar-refractivity contribution is 5.74. The van der Waals surface area contributed by atoms with Gasteiger partial charge in [0.05, 0.1) is 23.9 Å². The van der Waals surface area contributed by atoms with E-state index in [0.717, 1.165) is 29.9 Å². The van der Waals surface area contributed by atoms with Crippen molar-refractivity contribution in [2.75, 3.05) is 13.2 Å². The maximum Gasteiger partial charge on any atom is 0.261 e. The number of pyridine rings is 1. The Balaban J connectivity index is 1.76. The number of hydrogen-bond donors (Lipinski definition) is 0. The number of nitrogens with zero attached hydrogens (tertiary/aromatic N) is 4. The Morgan fingerprint density at radius 1 is 1.32 bits per heavy atom. The third-order valence-electron chi connectivity index (χ3n) is 3.39. The number of ether oxygens (including phenoxy) is 1. The molecule has 4 rings (SSSR count). The summed E-state index contributed by atoms with van der Waals surface area (Å²) in [6, 6.07) is 5.87. The molecule has 19 heavy (non-hydrogen) atoms. The molecular formula is C13H12N4O2. The molecule has 4 heterocycles. The zero-order valence-corrected chi connectivity index (χ0v) is 10.2. The molecule has 6 heteroatoms. The molecule has 0 unspecified atom stereocenters. The SMILES string of the molecule is c1ccn2ncc(-c3nc([C@@H]4CCOC4)no3)c2c1. The van der Waals surface area contributed by atoms with Crippen LogP contribution in [0.2, 0.25) is 0 Å². The van der Waals surface area contributed by atoms with Gasteiger partial charge in [-0.2, -0.15) is 10.1 Å². The molecule has 1 atom stereocenters. The van der Waals surface area contributed by atoms with Crippen molar-refractivity contribution in [3.05, 3.63) is 36.4 Å². The summed E-state index contributed by atoms with van der Waals surface area (Å²) in [5, 5.41) is 8.32. The first-order valence-electron chi connectivity index (χ1n) is 6.26. The van der Waals surface area contributed by atoms with E-state index in [1.54, 1.807) is 10.7 Å². The Kier molecular flexibility index (Phi) is 2.34. The Labute approximate surface area is 109 Å². The van der Waals surface area contributed by atoms with Crippen LogP contribution in [0.5, 0.6) is 0 Å². The summed E-state index contributed by atoms with van der Waals surface area (Å²) in [6.45, 7) is 1.44. The zero-order chi connectivity index (χ0) is 12.7. The molecule has 0 aliphatic carbocycles. The molecule has 0 saturated carbocycles. The van der Waals surface area contributed by atoms with E-state index in [-0.39, 0.29) is 5.92 Å². The molecule has 96 valence electrons. The molecular weight excluding hydrogens is 244 g/mol. The van der Waals surface area contributed by atoms with Crippen molar-refractivity contribution in [1.29, 1.82) is 0 Å². The Hall–Kier alpha value is -2.21. The minimum atomic E-state index is 0.249. The van der Waals surface area contributed by atoms with Crippen molar-refractivity contribution in [2.45, 2.75) is 12.3 Å². The van der Waals surface area contributed by atoms with Crippen molar-refractivity contribution in [2.24, 2.45) is 0 Å². The summed E-state index contributed by atoms with van der Waals surface area (Å²) in [5.74, 6) is 1.49. The van der Waals surface area contributed by atoms with E-state index in [4.69, 9.17) is 9.26 Å². The highest BCUT2D eigenvalue weighted by atomic mass is 16.5. The molecule has 0 bridgehead atoms. The predicted octanol–water partition coefficient (Wildman–Crippen LogP) is 1.89. The maximum atomic E-state index is 5.36. The minimum Gasteiger partial charge on any atom is -0.381 e. The van der Waals surface area contributed by atoms with Crippen LogP contribution in [0, 0.1) is 0 Å². The van der Waals surface area contributed by atoms with E-state index >= 15 is 0 Å². The molecule has 3 aromatic heterocycles. The Bertz CT molecular complexity index is 712. The van der Waals surface area contributed by atoms with Gasteiger partial charge in [-0.25, -0.2) is 4.52 Å². The van der Waals surface area contributed by atoms with E-state index in [1.807, 2.05) is 24.4 Å². The molecule has 0 radical (unpaired) electrons. The summed E-state index contributed by atoms with van der Waals surface area (Å²) in [6.07, 6.45) is 4.59. The van der Waals surface area contributed by atoms with Crippen molar-refractivity contribution in [1.82, 2.24) is 19.8 Å². The van der Waals surface area contributed by atoms with Gasteiger partial charge in [0.2, 0.25) is 0 Å². The standard InChI is InChI=1S/C13H12N4O2/c1-2-5-17-11(3-1)10(7-14-17)13-15-12(16-19-13)9-4-6-18-8-9/h1-3,5,7,9H,4,6,8H2/t9-/m1/s1. The lowest BCUT2D eigenvalue weighted by atomic mass is 10.1. The van der Waals surface area contributed by atoms with Crippen LogP contribution in [0.3, 0.4) is 0 Å². The topological polar surface area (TPSA) is 65.5 Å². The number of hydrogen-bond acceptors (Lipinski definition) is 5. The molecule has 1 aliphatic heterocycles. The quantitative estimate of drug-likeness (QED) is 0.700. The van der Waals surface area contributed by atoms with Crippen LogP contribution in [-0.4, -0.2) is 33.0 Å². The van der Waals surface area contributed by atoms with E-state index < -0.39 is 0 Å². The molecule has 1 aliphatic rings. The molecule has 6 nitrogen and oxygen atoms in total. The van der Waals surface area contributed by atoms with Crippen molar-refractivity contribution >= 4 is 5.52 Å². The fourth-order valence-electron chi connectivity index (χ4n) is 2.35. The summed E-state index contributed by atoms with van der Waals surface area (Å²) >= 11 is 0. The molecule has 0 spiro atoms. The van der Waals surface area contributed by atoms with Gasteiger partial charge in [-0.3, -0.25) is 0 Å². The fourth-order valence-corrected chi connectivity index (χ4v) is 2.35. The predicted molar refractivity (Wildman–Crippen MR) is 66.7 cm³/mol. The van der Waals surface area contributed by atoms with Crippen LogP contribution >= 0.6 is 0 Å². The van der Waals surface area contributed by atoms with Crippen LogP contribution in [0.4, 0.5) is 0 Å². The number of aromatic nitrogens is 4. The Morgan fingerprint density at radius 2 is 2.32 bits per heavy atom. The normalized spacial score (nSPS) is 19.3. The van der Waals surface area contributed by atoms with Gasteiger partial charge in [-0.15, -0.1) is 0 Å². The second-order valence-electron chi connectivity index (χ2n) is 4.61. The Morgan fingerprint density at radius 3 is 3.21 bits per heavy atom. The highest BCUT2D eigenvalue weighted by Crippen LogP contribution is 2.27. The summed E-state index contributed by atoms with van der Waals surface area (Å²) in [7, 11) is 0. The van der Waals surface area contributed by atoms with E-state index in [2.05, 4.69) is 15.2 Å². The van der Waals surface area contributed by atoms with Gasteiger partial charge in [0.25, 0.3) is 5.89 Å². The number of rotatable bonds is 2. The second-order valence-corrected chi connectivity index (χ2v) is 4.61. The third kappa shape index (κ3) is 1.72. The first kappa shape index (κ1) is 10.7. The zero-order valence-electron chi connectivity index (χ0n) is 10.2. The van der Waals surface area contributed by atoms with Crippen molar-refractivity contribution in [3.63, 3.8) is 0 Å². The lowest BCUT2D eigenvalue weighted by Crippen LogP contribution is -1.99. The van der Waals surface area contributed by atoms with Crippen molar-refractivity contribution in [3.8, 4) is 11.5 Å². The van der Waals surface area contributed by atoms with Crippen LogP contribution in [0.15, 0.2) is 35.1 Å². The summed E-state index contributed by atoms with van der Waals surface area (Å²) in [5.41, 5.74) is 1.82. The van der Waals surface area contributed by atoms with Crippen molar-refractivity contribution < 1.29 is 9.26 Å². The average Bonchev–Trinajstić information content (AvgIpc) is 3.18. The van der Waals surface area contributed by atoms with E-state index in [0.29, 0.717) is 12.5 Å². The van der Waals surface area contributed by atoms with Crippen LogP contribution in [0.1, 0.15) is 18.2 Å². The molecule has 0 aromatic carbocycles. The smallest absolute Gasteiger partial charge is 0.261 e. The largest absolute Gasteiger partial charge is 0.381 e. The molecule has 1 saturated heterocycles. The average molecular weight is 256 g/mol. The second kappa shape index (κ2) is 4.17. The lowest BCUT2D eigenvalue weighted by Gasteiger charge is -1.97. The monoisotopic (exact) mass is 256 g/mol. The van der Waals surface area contributed by atoms with E-state index in [1.165, 1.54) is 0 Å². The van der Waals surface area contributed by atoms with Crippen LogP contribution in [0.25, 0.3) is 17.0 Å². The van der Waals surface area contributed by atoms with Crippen LogP contribution < -0.4 is 0 Å². The molecule has 3 aromatic rings. The highest BCUT2D eigenvalue weighted by Gasteiger charge is 2.24. The van der Waals surface area contributed by atoms with E-state index in [9.17, 15) is 0 Å². The molecule has 0 N–H and O–H groups in total. The summed E-state index contributed by atoms with van der Waals surface area (Å²) in [4.78, 5) is 4.47. The van der Waals surface area contributed by atoms with Gasteiger partial charge in [0.15, 0.2) is 5.82 Å². The third-order valence-corrected chi connectivity index (χ3v) is 3.39. The van der Waals surface area contributed by atoms with Gasteiger partial charge in [0.1, 0.15) is 0 Å². The van der Waals surface area contributed by atoms with Gasteiger partial charge < -0.3 is 9.26 Å². The first-order chi connectivity index (χ1) is 9.42. The molecule has 1 fully saturated rings. The van der Waals surface area contributed by atoms with Gasteiger partial charge in [-0.1, -0.05) is 11.2 Å². The van der Waals surface area contributed by atoms with Crippen LogP contribution in [-0.2, 0) is 4.74 Å².